The molecule has 1 aromatic carbocycles. The molecule has 0 saturated heterocycles. The zero-order valence-electron chi connectivity index (χ0n) is 12.2. The van der Waals surface area contributed by atoms with Crippen molar-refractivity contribution in [2.24, 2.45) is 0 Å². The topological polar surface area (TPSA) is 51.8 Å². The molecule has 0 radical (unpaired) electrons. The second-order valence-electron chi connectivity index (χ2n) is 5.28. The molecule has 0 aliphatic heterocycles. The number of halogens is 1. The molecule has 2 aromatic heterocycles. The van der Waals surface area contributed by atoms with Crippen LogP contribution < -0.4 is 5.73 Å². The minimum atomic E-state index is 0.790. The second-order valence-corrected chi connectivity index (χ2v) is 6.13. The largest absolute Gasteiger partial charge is 0.398 e. The Kier molecular flexibility index (Phi) is 3.41. The third-order valence-electron chi connectivity index (χ3n) is 3.79. The van der Waals surface area contributed by atoms with Gasteiger partial charge in [-0.3, -0.25) is 4.98 Å². The third kappa shape index (κ3) is 2.40. The first-order valence-electron chi connectivity index (χ1n) is 6.77. The maximum absolute atomic E-state index is 6.12. The Morgan fingerprint density at radius 3 is 2.48 bits per heavy atom. The van der Waals surface area contributed by atoms with Crippen molar-refractivity contribution in [3.63, 3.8) is 0 Å². The first kappa shape index (κ1) is 14.0. The smallest absolute Gasteiger partial charge is 0.103 e. The molecule has 0 fully saturated rings. The normalized spacial score (nSPS) is 11.0. The standard InChI is InChI=1S/C17H16BrN3/c1-9-4-6-14-12(16(9)19)5-7-15(21-14)17-13(18)8-10(2)11(3)20-17/h4-8H,19H2,1-3H3. The molecule has 3 rings (SSSR count). The van der Waals surface area contributed by atoms with Gasteiger partial charge in [-0.1, -0.05) is 6.07 Å². The van der Waals surface area contributed by atoms with Crippen molar-refractivity contribution >= 4 is 32.5 Å². The highest BCUT2D eigenvalue weighted by Gasteiger charge is 2.11. The number of fused-ring (bicyclic) bond motifs is 1. The molecule has 0 amide bonds. The minimum absolute atomic E-state index is 0.790. The molecule has 0 aliphatic carbocycles. The van der Waals surface area contributed by atoms with Gasteiger partial charge in [-0.2, -0.15) is 0 Å². The highest BCUT2D eigenvalue weighted by molar-refractivity contribution is 9.10. The van der Waals surface area contributed by atoms with Crippen LogP contribution in [0.25, 0.3) is 22.3 Å². The Hall–Kier alpha value is -1.94. The van der Waals surface area contributed by atoms with Crippen LogP contribution in [0.3, 0.4) is 0 Å². The maximum Gasteiger partial charge on any atom is 0.103 e. The van der Waals surface area contributed by atoms with Crippen molar-refractivity contribution < 1.29 is 0 Å². The number of aryl methyl sites for hydroxylation is 3. The van der Waals surface area contributed by atoms with Gasteiger partial charge in [-0.15, -0.1) is 0 Å². The first-order chi connectivity index (χ1) is 9.97. The quantitative estimate of drug-likeness (QED) is 0.659. The van der Waals surface area contributed by atoms with Gasteiger partial charge in [-0.05, 0) is 72.1 Å². The fourth-order valence-electron chi connectivity index (χ4n) is 2.32. The van der Waals surface area contributed by atoms with Gasteiger partial charge in [0.1, 0.15) is 5.69 Å². The summed E-state index contributed by atoms with van der Waals surface area (Å²) in [6.45, 7) is 6.06. The molecular weight excluding hydrogens is 326 g/mol. The van der Waals surface area contributed by atoms with Crippen LogP contribution in [0.15, 0.2) is 34.8 Å². The van der Waals surface area contributed by atoms with Gasteiger partial charge < -0.3 is 5.73 Å². The molecule has 21 heavy (non-hydrogen) atoms. The minimum Gasteiger partial charge on any atom is -0.398 e. The lowest BCUT2D eigenvalue weighted by Gasteiger charge is -2.10. The molecule has 4 heteroatoms. The predicted molar refractivity (Wildman–Crippen MR) is 91.3 cm³/mol. The third-order valence-corrected chi connectivity index (χ3v) is 4.40. The molecule has 0 bridgehead atoms. The average molecular weight is 342 g/mol. The zero-order chi connectivity index (χ0) is 15.1. The lowest BCUT2D eigenvalue weighted by molar-refractivity contribution is 1.13. The number of pyridine rings is 2. The van der Waals surface area contributed by atoms with E-state index in [1.165, 1.54) is 0 Å². The Morgan fingerprint density at radius 1 is 0.952 bits per heavy atom. The van der Waals surface area contributed by atoms with E-state index >= 15 is 0 Å². The molecule has 0 spiro atoms. The number of benzene rings is 1. The van der Waals surface area contributed by atoms with E-state index in [1.54, 1.807) is 0 Å². The van der Waals surface area contributed by atoms with Crippen molar-refractivity contribution in [3.8, 4) is 11.4 Å². The van der Waals surface area contributed by atoms with Crippen LogP contribution in [0.4, 0.5) is 5.69 Å². The van der Waals surface area contributed by atoms with E-state index < -0.39 is 0 Å². The summed E-state index contributed by atoms with van der Waals surface area (Å²) in [4.78, 5) is 9.36. The lowest BCUT2D eigenvalue weighted by Crippen LogP contribution is -1.96. The van der Waals surface area contributed by atoms with Gasteiger partial charge >= 0.3 is 0 Å². The molecule has 2 N–H and O–H groups in total. The van der Waals surface area contributed by atoms with Crippen molar-refractivity contribution in [2.75, 3.05) is 5.73 Å². The van der Waals surface area contributed by atoms with Crippen LogP contribution in [0.5, 0.6) is 0 Å². The van der Waals surface area contributed by atoms with E-state index in [1.807, 2.05) is 45.0 Å². The zero-order valence-corrected chi connectivity index (χ0v) is 13.8. The molecule has 3 aromatic rings. The fraction of sp³-hybridized carbons (Fsp3) is 0.176. The number of anilines is 1. The van der Waals surface area contributed by atoms with E-state index in [-0.39, 0.29) is 0 Å². The number of hydrogen-bond acceptors (Lipinski definition) is 3. The van der Waals surface area contributed by atoms with Crippen molar-refractivity contribution in [2.45, 2.75) is 20.8 Å². The van der Waals surface area contributed by atoms with Gasteiger partial charge in [0, 0.05) is 21.2 Å². The fourth-order valence-corrected chi connectivity index (χ4v) is 2.95. The summed E-state index contributed by atoms with van der Waals surface area (Å²) in [7, 11) is 0. The number of rotatable bonds is 1. The van der Waals surface area contributed by atoms with Crippen molar-refractivity contribution in [1.82, 2.24) is 9.97 Å². The first-order valence-corrected chi connectivity index (χ1v) is 7.56. The van der Waals surface area contributed by atoms with Gasteiger partial charge in [-0.25, -0.2) is 4.98 Å². The monoisotopic (exact) mass is 341 g/mol. The maximum atomic E-state index is 6.12. The SMILES string of the molecule is Cc1cc(Br)c(-c2ccc3c(N)c(C)ccc3n2)nc1C. The van der Waals surface area contributed by atoms with Crippen LogP contribution in [0.2, 0.25) is 0 Å². The summed E-state index contributed by atoms with van der Waals surface area (Å²) in [5.74, 6) is 0. The summed E-state index contributed by atoms with van der Waals surface area (Å²) in [5, 5.41) is 0.985. The predicted octanol–water partition coefficient (Wildman–Crippen LogP) is 4.57. The van der Waals surface area contributed by atoms with Crippen LogP contribution in [-0.2, 0) is 0 Å². The molecule has 2 heterocycles. The van der Waals surface area contributed by atoms with Gasteiger partial charge in [0.15, 0.2) is 0 Å². The highest BCUT2D eigenvalue weighted by atomic mass is 79.9. The van der Waals surface area contributed by atoms with E-state index in [9.17, 15) is 0 Å². The van der Waals surface area contributed by atoms with E-state index in [0.29, 0.717) is 0 Å². The number of nitrogen functional groups attached to an aromatic ring is 1. The summed E-state index contributed by atoms with van der Waals surface area (Å²) in [6.07, 6.45) is 0. The van der Waals surface area contributed by atoms with Gasteiger partial charge in [0.2, 0.25) is 0 Å². The summed E-state index contributed by atoms with van der Waals surface area (Å²) < 4.78 is 0.956. The number of nitrogens with two attached hydrogens (primary N) is 1. The van der Waals surface area contributed by atoms with Crippen molar-refractivity contribution in [1.29, 1.82) is 0 Å². The molecule has 0 saturated carbocycles. The van der Waals surface area contributed by atoms with Crippen LogP contribution in [0.1, 0.15) is 16.8 Å². The van der Waals surface area contributed by atoms with E-state index in [2.05, 4.69) is 27.0 Å². The molecule has 0 unspecified atom stereocenters. The highest BCUT2D eigenvalue weighted by Crippen LogP contribution is 2.30. The number of nitrogens with zero attached hydrogens (tertiary/aromatic N) is 2. The van der Waals surface area contributed by atoms with Crippen LogP contribution in [0, 0.1) is 20.8 Å². The Morgan fingerprint density at radius 2 is 1.71 bits per heavy atom. The molecule has 3 nitrogen and oxygen atoms in total. The average Bonchev–Trinajstić information content (AvgIpc) is 2.46. The van der Waals surface area contributed by atoms with Gasteiger partial charge in [0.25, 0.3) is 0 Å². The molecule has 0 atom stereocenters. The summed E-state index contributed by atoms with van der Waals surface area (Å²) in [5.41, 5.74) is 12.7. The van der Waals surface area contributed by atoms with Crippen molar-refractivity contribution in [3.05, 3.63) is 51.6 Å². The Labute approximate surface area is 132 Å². The Bertz CT molecular complexity index is 856. The second kappa shape index (κ2) is 5.11. The molecular formula is C17H16BrN3. The summed E-state index contributed by atoms with van der Waals surface area (Å²) in [6, 6.07) is 10.1. The number of aromatic nitrogens is 2. The Balaban J connectivity index is 2.23. The van der Waals surface area contributed by atoms with E-state index in [4.69, 9.17) is 10.7 Å². The lowest BCUT2D eigenvalue weighted by atomic mass is 10.1. The van der Waals surface area contributed by atoms with E-state index in [0.717, 1.165) is 49.3 Å². The number of hydrogen-bond donors (Lipinski definition) is 1. The van der Waals surface area contributed by atoms with Crippen LogP contribution >= 0.6 is 15.9 Å². The van der Waals surface area contributed by atoms with Gasteiger partial charge in [0.05, 0.1) is 11.2 Å². The molecule has 0 aliphatic rings. The molecule has 106 valence electrons. The van der Waals surface area contributed by atoms with Crippen LogP contribution in [-0.4, -0.2) is 9.97 Å². The summed E-state index contributed by atoms with van der Waals surface area (Å²) >= 11 is 3.58.